The molecule has 0 aromatic rings. The van der Waals surface area contributed by atoms with Gasteiger partial charge in [0.25, 0.3) is 0 Å². The fourth-order valence-electron chi connectivity index (χ4n) is 5.37. The summed E-state index contributed by atoms with van der Waals surface area (Å²) in [6.07, 6.45) is 4.26. The number of esters is 1. The second-order valence-electron chi connectivity index (χ2n) is 9.08. The first kappa shape index (κ1) is 22.3. The third-order valence-corrected chi connectivity index (χ3v) is 7.01. The minimum Gasteiger partial charge on any atom is -0.458 e. The van der Waals surface area contributed by atoms with Crippen LogP contribution in [-0.2, 0) is 9.53 Å². The molecule has 0 saturated heterocycles. The van der Waals surface area contributed by atoms with Gasteiger partial charge in [-0.3, -0.25) is 4.79 Å². The first-order valence-electron chi connectivity index (χ1n) is 10.1. The van der Waals surface area contributed by atoms with Gasteiger partial charge in [-0.1, -0.05) is 40.5 Å². The largest absolute Gasteiger partial charge is 0.458 e. The Morgan fingerprint density at radius 2 is 1.93 bits per heavy atom. The minimum atomic E-state index is -1.77. The third kappa shape index (κ3) is 3.69. The standard InChI is InChI=1S/C21H36O6/c1-5-6-7-8-17(25)27-15-11-14(12-22)21(26,13-23)20(4)16(24)9-10-19(2,3)18(15)20/h11,15-16,18,22-24,26H,5-10,12-13H2,1-4H3/t15-,16+,18+,20+,21+/m1/s1. The highest BCUT2D eigenvalue weighted by molar-refractivity contribution is 5.69. The summed E-state index contributed by atoms with van der Waals surface area (Å²) in [5, 5.41) is 42.1. The molecule has 6 nitrogen and oxygen atoms in total. The van der Waals surface area contributed by atoms with Crippen molar-refractivity contribution in [2.24, 2.45) is 16.7 Å². The highest BCUT2D eigenvalue weighted by Crippen LogP contribution is 2.61. The van der Waals surface area contributed by atoms with Crippen molar-refractivity contribution in [3.05, 3.63) is 11.6 Å². The quantitative estimate of drug-likeness (QED) is 0.304. The predicted molar refractivity (Wildman–Crippen MR) is 102 cm³/mol. The van der Waals surface area contributed by atoms with Gasteiger partial charge in [0.05, 0.1) is 19.3 Å². The van der Waals surface area contributed by atoms with Gasteiger partial charge in [-0.25, -0.2) is 0 Å². The van der Waals surface area contributed by atoms with Gasteiger partial charge in [0.15, 0.2) is 0 Å². The predicted octanol–water partition coefficient (Wildman–Crippen LogP) is 1.94. The first-order valence-corrected chi connectivity index (χ1v) is 10.1. The summed E-state index contributed by atoms with van der Waals surface area (Å²) in [5.74, 6) is -0.703. The summed E-state index contributed by atoms with van der Waals surface area (Å²) in [7, 11) is 0. The summed E-state index contributed by atoms with van der Waals surface area (Å²) in [5.41, 5.74) is -3.05. The zero-order chi connectivity index (χ0) is 20.5. The highest BCUT2D eigenvalue weighted by Gasteiger charge is 2.66. The van der Waals surface area contributed by atoms with Crippen LogP contribution < -0.4 is 0 Å². The van der Waals surface area contributed by atoms with Crippen molar-refractivity contribution >= 4 is 5.97 Å². The van der Waals surface area contributed by atoms with Crippen LogP contribution in [0.3, 0.4) is 0 Å². The smallest absolute Gasteiger partial charge is 0.306 e. The fraction of sp³-hybridized carbons (Fsp3) is 0.857. The van der Waals surface area contributed by atoms with E-state index in [0.29, 0.717) is 19.3 Å². The van der Waals surface area contributed by atoms with Crippen LogP contribution in [0.15, 0.2) is 11.6 Å². The minimum absolute atomic E-state index is 0.201. The molecule has 1 saturated carbocycles. The molecule has 1 fully saturated rings. The average molecular weight is 385 g/mol. The number of hydrogen-bond acceptors (Lipinski definition) is 6. The van der Waals surface area contributed by atoms with Crippen LogP contribution >= 0.6 is 0 Å². The molecule has 0 amide bonds. The normalized spacial score (nSPS) is 38.1. The van der Waals surface area contributed by atoms with Crippen molar-refractivity contribution in [1.82, 2.24) is 0 Å². The van der Waals surface area contributed by atoms with Crippen LogP contribution in [0.25, 0.3) is 0 Å². The molecule has 2 aliphatic carbocycles. The molecule has 5 atom stereocenters. The molecule has 2 rings (SSSR count). The summed E-state index contributed by atoms with van der Waals surface area (Å²) in [4.78, 5) is 12.4. The first-order chi connectivity index (χ1) is 12.6. The lowest BCUT2D eigenvalue weighted by Gasteiger charge is -2.63. The van der Waals surface area contributed by atoms with Gasteiger partial charge in [0.1, 0.15) is 11.7 Å². The number of carbonyl (C=O) groups excluding carboxylic acids is 1. The number of carbonyl (C=O) groups is 1. The van der Waals surface area contributed by atoms with E-state index < -0.39 is 42.4 Å². The Balaban J connectivity index is 2.46. The Morgan fingerprint density at radius 1 is 1.26 bits per heavy atom. The number of fused-ring (bicyclic) bond motifs is 1. The van der Waals surface area contributed by atoms with E-state index in [-0.39, 0.29) is 17.0 Å². The molecular formula is C21H36O6. The molecule has 156 valence electrons. The van der Waals surface area contributed by atoms with Crippen LogP contribution in [0.1, 0.15) is 66.2 Å². The lowest BCUT2D eigenvalue weighted by atomic mass is 9.45. The van der Waals surface area contributed by atoms with E-state index in [1.54, 1.807) is 13.0 Å². The Kier molecular flexibility index (Phi) is 6.78. The highest BCUT2D eigenvalue weighted by atomic mass is 16.5. The van der Waals surface area contributed by atoms with Crippen molar-refractivity contribution in [3.8, 4) is 0 Å². The maximum Gasteiger partial charge on any atom is 0.306 e. The zero-order valence-electron chi connectivity index (χ0n) is 17.1. The summed E-state index contributed by atoms with van der Waals surface area (Å²) in [6.45, 7) is 6.79. The summed E-state index contributed by atoms with van der Waals surface area (Å²) in [6, 6.07) is 0. The molecule has 27 heavy (non-hydrogen) atoms. The molecule has 0 radical (unpaired) electrons. The lowest BCUT2D eigenvalue weighted by molar-refractivity contribution is -0.237. The molecule has 0 spiro atoms. The van der Waals surface area contributed by atoms with Gasteiger partial charge < -0.3 is 25.2 Å². The van der Waals surface area contributed by atoms with Crippen LogP contribution in [0.4, 0.5) is 0 Å². The monoisotopic (exact) mass is 384 g/mol. The molecule has 6 heteroatoms. The van der Waals surface area contributed by atoms with E-state index >= 15 is 0 Å². The van der Waals surface area contributed by atoms with Crippen LogP contribution in [0.5, 0.6) is 0 Å². The SMILES string of the molecule is CCCCCC(=O)O[C@@H]1C=C(CO)[C@@](O)(CO)[C@@]2(C)[C@@H](O)CCC(C)(C)[C@H]12. The molecular weight excluding hydrogens is 348 g/mol. The van der Waals surface area contributed by atoms with Crippen LogP contribution in [-0.4, -0.2) is 57.4 Å². The van der Waals surface area contributed by atoms with E-state index in [1.807, 2.05) is 13.8 Å². The molecule has 0 bridgehead atoms. The van der Waals surface area contributed by atoms with E-state index in [9.17, 15) is 25.2 Å². The van der Waals surface area contributed by atoms with Crippen LogP contribution in [0.2, 0.25) is 0 Å². The van der Waals surface area contributed by atoms with E-state index in [4.69, 9.17) is 4.74 Å². The number of unbranched alkanes of at least 4 members (excludes halogenated alkanes) is 2. The summed E-state index contributed by atoms with van der Waals surface area (Å²) < 4.78 is 5.80. The Morgan fingerprint density at radius 3 is 2.48 bits per heavy atom. The van der Waals surface area contributed by atoms with Crippen molar-refractivity contribution < 1.29 is 30.0 Å². The third-order valence-electron chi connectivity index (χ3n) is 7.01. The zero-order valence-corrected chi connectivity index (χ0v) is 17.1. The molecule has 0 aliphatic heterocycles. The molecule has 0 aromatic heterocycles. The lowest BCUT2D eigenvalue weighted by Crippen LogP contribution is -2.70. The van der Waals surface area contributed by atoms with Gasteiger partial charge >= 0.3 is 5.97 Å². The Bertz CT molecular complexity index is 571. The van der Waals surface area contributed by atoms with E-state index in [1.165, 1.54) is 0 Å². The second kappa shape index (κ2) is 8.19. The number of rotatable bonds is 7. The number of aliphatic hydroxyl groups excluding tert-OH is 3. The maximum absolute atomic E-state index is 12.4. The van der Waals surface area contributed by atoms with Gasteiger partial charge in [0.2, 0.25) is 0 Å². The maximum atomic E-state index is 12.4. The average Bonchev–Trinajstić information content (AvgIpc) is 2.61. The van der Waals surface area contributed by atoms with Crippen molar-refractivity contribution in [2.75, 3.05) is 13.2 Å². The topological polar surface area (TPSA) is 107 Å². The second-order valence-corrected chi connectivity index (χ2v) is 9.08. The van der Waals surface area contributed by atoms with Gasteiger partial charge in [-0.2, -0.15) is 0 Å². The fourth-order valence-corrected chi connectivity index (χ4v) is 5.37. The Labute approximate surface area is 162 Å². The molecule has 0 aromatic carbocycles. The van der Waals surface area contributed by atoms with Crippen LogP contribution in [0, 0.1) is 16.7 Å². The van der Waals surface area contributed by atoms with Crippen molar-refractivity contribution in [3.63, 3.8) is 0 Å². The van der Waals surface area contributed by atoms with Gasteiger partial charge in [-0.05, 0) is 36.3 Å². The van der Waals surface area contributed by atoms with E-state index in [2.05, 4.69) is 6.92 Å². The van der Waals surface area contributed by atoms with Crippen molar-refractivity contribution in [2.45, 2.75) is 84.0 Å². The molecule has 4 N–H and O–H groups in total. The number of ether oxygens (including phenoxy) is 1. The molecule has 2 aliphatic rings. The van der Waals surface area contributed by atoms with Gasteiger partial charge in [-0.15, -0.1) is 0 Å². The van der Waals surface area contributed by atoms with Crippen molar-refractivity contribution in [1.29, 1.82) is 0 Å². The molecule has 0 unspecified atom stereocenters. The number of hydrogen-bond donors (Lipinski definition) is 4. The van der Waals surface area contributed by atoms with E-state index in [0.717, 1.165) is 19.3 Å². The summed E-state index contributed by atoms with van der Waals surface area (Å²) >= 11 is 0. The number of aliphatic hydroxyl groups is 4. The Hall–Kier alpha value is -0.950. The molecule has 0 heterocycles. The van der Waals surface area contributed by atoms with Gasteiger partial charge in [0, 0.05) is 17.8 Å².